The van der Waals surface area contributed by atoms with Gasteiger partial charge in [0.05, 0.1) is 18.8 Å². The Labute approximate surface area is 109 Å². The molecule has 1 aliphatic heterocycles. The summed E-state index contributed by atoms with van der Waals surface area (Å²) in [5.74, 6) is -0.633. The van der Waals surface area contributed by atoms with Gasteiger partial charge in [-0.2, -0.15) is 0 Å². The summed E-state index contributed by atoms with van der Waals surface area (Å²) in [4.78, 5) is 11.2. The number of rotatable bonds is 6. The molecule has 1 fully saturated rings. The normalized spacial score (nSPS) is 17.9. The van der Waals surface area contributed by atoms with Crippen LogP contribution in [-0.4, -0.2) is 57.2 Å². The Kier molecular flexibility index (Phi) is 6.04. The second-order valence-electron chi connectivity index (χ2n) is 4.37. The highest BCUT2D eigenvalue weighted by Crippen LogP contribution is 2.14. The van der Waals surface area contributed by atoms with E-state index in [1.165, 1.54) is 4.31 Å². The van der Waals surface area contributed by atoms with Crippen molar-refractivity contribution in [2.24, 2.45) is 0 Å². The zero-order valence-corrected chi connectivity index (χ0v) is 11.8. The van der Waals surface area contributed by atoms with Gasteiger partial charge in [-0.05, 0) is 32.9 Å². The van der Waals surface area contributed by atoms with Crippen molar-refractivity contribution >= 4 is 16.0 Å². The van der Waals surface area contributed by atoms with E-state index in [4.69, 9.17) is 4.74 Å². The van der Waals surface area contributed by atoms with Gasteiger partial charge in [0.1, 0.15) is 0 Å². The second-order valence-corrected chi connectivity index (χ2v) is 6.52. The smallest absolute Gasteiger partial charge is 0.306 e. The predicted octanol–water partition coefficient (Wildman–Crippen LogP) is -0.0468. The number of hydrogen-bond donors (Lipinski definition) is 1. The van der Waals surface area contributed by atoms with Crippen LogP contribution in [-0.2, 0) is 19.6 Å². The number of carbonyl (C=O) groups is 1. The molecule has 106 valence electrons. The number of hydrogen-bond acceptors (Lipinski definition) is 5. The first-order valence-electron chi connectivity index (χ1n) is 6.29. The first-order chi connectivity index (χ1) is 8.47. The molecule has 0 aromatic rings. The summed E-state index contributed by atoms with van der Waals surface area (Å²) in [5.41, 5.74) is 0. The molecule has 1 N–H and O–H groups in total. The Balaban J connectivity index is 2.48. The van der Waals surface area contributed by atoms with Gasteiger partial charge >= 0.3 is 5.97 Å². The molecular weight excluding hydrogens is 256 g/mol. The van der Waals surface area contributed by atoms with E-state index in [9.17, 15) is 13.2 Å². The zero-order chi connectivity index (χ0) is 13.6. The molecule has 0 unspecified atom stereocenters. The number of esters is 1. The first-order valence-corrected chi connectivity index (χ1v) is 7.90. The Morgan fingerprint density at radius 2 is 2.00 bits per heavy atom. The molecule has 6 nitrogen and oxygen atoms in total. The van der Waals surface area contributed by atoms with Gasteiger partial charge in [0.25, 0.3) is 0 Å². The molecular formula is C11H22N2O4S. The summed E-state index contributed by atoms with van der Waals surface area (Å²) >= 11 is 0. The molecule has 0 aromatic carbocycles. The Bertz CT molecular complexity index is 363. The average molecular weight is 278 g/mol. The highest BCUT2D eigenvalue weighted by atomic mass is 32.2. The number of nitrogens with zero attached hydrogens (tertiary/aromatic N) is 1. The highest BCUT2D eigenvalue weighted by molar-refractivity contribution is 7.89. The van der Waals surface area contributed by atoms with Gasteiger partial charge in [0.2, 0.25) is 10.0 Å². The fourth-order valence-electron chi connectivity index (χ4n) is 1.99. The van der Waals surface area contributed by atoms with Crippen molar-refractivity contribution in [3.63, 3.8) is 0 Å². The van der Waals surface area contributed by atoms with Crippen molar-refractivity contribution in [3.05, 3.63) is 0 Å². The van der Waals surface area contributed by atoms with Crippen molar-refractivity contribution in [2.75, 3.05) is 32.5 Å². The Morgan fingerprint density at radius 1 is 1.39 bits per heavy atom. The molecule has 0 aromatic heterocycles. The predicted molar refractivity (Wildman–Crippen MR) is 68.7 cm³/mol. The lowest BCUT2D eigenvalue weighted by Gasteiger charge is -2.30. The van der Waals surface area contributed by atoms with Gasteiger partial charge in [-0.3, -0.25) is 4.79 Å². The minimum atomic E-state index is -3.37. The van der Waals surface area contributed by atoms with Crippen molar-refractivity contribution in [1.29, 1.82) is 0 Å². The van der Waals surface area contributed by atoms with Crippen LogP contribution >= 0.6 is 0 Å². The van der Waals surface area contributed by atoms with E-state index in [-0.39, 0.29) is 24.8 Å². The number of sulfonamides is 1. The summed E-state index contributed by atoms with van der Waals surface area (Å²) in [6, 6.07) is 0.0402. The third-order valence-corrected chi connectivity index (χ3v) is 5.03. The largest absolute Gasteiger partial charge is 0.466 e. The lowest BCUT2D eigenvalue weighted by molar-refractivity contribution is -0.142. The quantitative estimate of drug-likeness (QED) is 0.690. The molecule has 0 saturated carbocycles. The number of nitrogens with one attached hydrogen (secondary N) is 1. The standard InChI is InChI=1S/C11H22N2O4S/c1-3-17-11(14)6-9-18(15,16)13(2)10-4-7-12-8-5-10/h10,12H,3-9H2,1-2H3. The van der Waals surface area contributed by atoms with Crippen LogP contribution in [0.25, 0.3) is 0 Å². The maximum atomic E-state index is 12.0. The summed E-state index contributed by atoms with van der Waals surface area (Å²) in [6.07, 6.45) is 1.55. The van der Waals surface area contributed by atoms with E-state index in [0.29, 0.717) is 0 Å². The maximum absolute atomic E-state index is 12.0. The lowest BCUT2D eigenvalue weighted by atomic mass is 10.1. The summed E-state index contributed by atoms with van der Waals surface area (Å²) in [7, 11) is -1.77. The zero-order valence-electron chi connectivity index (χ0n) is 11.0. The molecule has 1 rings (SSSR count). The molecule has 0 radical (unpaired) electrons. The van der Waals surface area contributed by atoms with Gasteiger partial charge in [-0.25, -0.2) is 12.7 Å². The van der Waals surface area contributed by atoms with Crippen molar-refractivity contribution in [1.82, 2.24) is 9.62 Å². The van der Waals surface area contributed by atoms with Crippen molar-refractivity contribution < 1.29 is 17.9 Å². The molecule has 1 saturated heterocycles. The van der Waals surface area contributed by atoms with Crippen molar-refractivity contribution in [3.8, 4) is 0 Å². The van der Waals surface area contributed by atoms with Gasteiger partial charge in [-0.15, -0.1) is 0 Å². The van der Waals surface area contributed by atoms with Gasteiger partial charge in [0, 0.05) is 13.1 Å². The lowest BCUT2D eigenvalue weighted by Crippen LogP contribution is -2.44. The maximum Gasteiger partial charge on any atom is 0.306 e. The van der Waals surface area contributed by atoms with Crippen LogP contribution in [0.3, 0.4) is 0 Å². The molecule has 0 bridgehead atoms. The van der Waals surface area contributed by atoms with Crippen molar-refractivity contribution in [2.45, 2.75) is 32.2 Å². The molecule has 0 aliphatic carbocycles. The van der Waals surface area contributed by atoms with Crippen LogP contribution in [0.5, 0.6) is 0 Å². The van der Waals surface area contributed by atoms with Gasteiger partial charge in [-0.1, -0.05) is 0 Å². The monoisotopic (exact) mass is 278 g/mol. The molecule has 0 amide bonds. The fourth-order valence-corrected chi connectivity index (χ4v) is 3.36. The van der Waals surface area contributed by atoms with Crippen LogP contribution in [0.2, 0.25) is 0 Å². The van der Waals surface area contributed by atoms with E-state index in [1.807, 2.05) is 0 Å². The molecule has 1 aliphatic rings. The highest BCUT2D eigenvalue weighted by Gasteiger charge is 2.27. The third-order valence-electron chi connectivity index (χ3n) is 3.13. The summed E-state index contributed by atoms with van der Waals surface area (Å²) in [6.45, 7) is 3.65. The molecule has 7 heteroatoms. The van der Waals surface area contributed by atoms with Crippen LogP contribution in [0, 0.1) is 0 Å². The van der Waals surface area contributed by atoms with E-state index in [1.54, 1.807) is 14.0 Å². The van der Waals surface area contributed by atoms with Gasteiger partial charge in [0.15, 0.2) is 0 Å². The van der Waals surface area contributed by atoms with E-state index < -0.39 is 16.0 Å². The molecule has 0 spiro atoms. The van der Waals surface area contributed by atoms with E-state index in [2.05, 4.69) is 5.32 Å². The topological polar surface area (TPSA) is 75.7 Å². The number of ether oxygens (including phenoxy) is 1. The van der Waals surface area contributed by atoms with Crippen LogP contribution in [0.1, 0.15) is 26.2 Å². The minimum Gasteiger partial charge on any atom is -0.466 e. The number of carbonyl (C=O) groups excluding carboxylic acids is 1. The third kappa shape index (κ3) is 4.55. The summed E-state index contributed by atoms with van der Waals surface area (Å²) in [5, 5.41) is 3.19. The fraction of sp³-hybridized carbons (Fsp3) is 0.909. The van der Waals surface area contributed by atoms with E-state index >= 15 is 0 Å². The minimum absolute atomic E-state index is 0.0402. The SMILES string of the molecule is CCOC(=O)CCS(=O)(=O)N(C)C1CCNCC1. The number of piperidine rings is 1. The van der Waals surface area contributed by atoms with E-state index in [0.717, 1.165) is 25.9 Å². The summed E-state index contributed by atoms with van der Waals surface area (Å²) < 4.78 is 30.2. The average Bonchev–Trinajstić information content (AvgIpc) is 2.37. The molecule has 18 heavy (non-hydrogen) atoms. The first kappa shape index (κ1) is 15.4. The Morgan fingerprint density at radius 3 is 2.56 bits per heavy atom. The van der Waals surface area contributed by atoms with Gasteiger partial charge < -0.3 is 10.1 Å². The van der Waals surface area contributed by atoms with Crippen LogP contribution in [0.15, 0.2) is 0 Å². The molecule has 1 heterocycles. The Hall–Kier alpha value is -0.660. The van der Waals surface area contributed by atoms with Crippen LogP contribution in [0.4, 0.5) is 0 Å². The van der Waals surface area contributed by atoms with Crippen LogP contribution < -0.4 is 5.32 Å². The second kappa shape index (κ2) is 7.06. The molecule has 0 atom stereocenters.